The lowest BCUT2D eigenvalue weighted by atomic mass is 9.93. The van der Waals surface area contributed by atoms with Crippen LogP contribution in [0.2, 0.25) is 0 Å². The molecule has 0 fully saturated rings. The Morgan fingerprint density at radius 2 is 1.06 bits per heavy atom. The molecular formula is C47H29F3N4. The third-order valence-electron chi connectivity index (χ3n) is 10.4. The van der Waals surface area contributed by atoms with Gasteiger partial charge in [-0.1, -0.05) is 66.2 Å². The van der Waals surface area contributed by atoms with E-state index in [2.05, 4.69) is 60.0 Å². The van der Waals surface area contributed by atoms with Crippen molar-refractivity contribution in [3.05, 3.63) is 167 Å². The summed E-state index contributed by atoms with van der Waals surface area (Å²) in [5.41, 5.74) is 10.7. The van der Waals surface area contributed by atoms with Crippen molar-refractivity contribution in [3.63, 3.8) is 0 Å². The number of para-hydroxylation sites is 2. The number of hydrogen-bond acceptors (Lipinski definition) is 2. The molecule has 0 aliphatic carbocycles. The molecule has 2 aromatic heterocycles. The molecule has 7 heteroatoms. The second kappa shape index (κ2) is 12.3. The molecule has 2 heterocycles. The van der Waals surface area contributed by atoms with Crippen LogP contribution in [0.5, 0.6) is 0 Å². The summed E-state index contributed by atoms with van der Waals surface area (Å²) in [6.07, 6.45) is -4.51. The highest BCUT2D eigenvalue weighted by Gasteiger charge is 2.31. The Hall–Kier alpha value is -7.09. The lowest BCUT2D eigenvalue weighted by Gasteiger charge is -2.20. The van der Waals surface area contributed by atoms with Crippen LogP contribution in [0.1, 0.15) is 27.8 Å². The maximum Gasteiger partial charge on any atom is 0.416 e. The first kappa shape index (κ1) is 32.8. The van der Waals surface area contributed by atoms with Crippen molar-refractivity contribution in [2.75, 3.05) is 0 Å². The third-order valence-corrected chi connectivity index (χ3v) is 10.4. The van der Waals surface area contributed by atoms with Crippen LogP contribution in [-0.2, 0) is 6.18 Å². The highest BCUT2D eigenvalue weighted by molar-refractivity contribution is 6.12. The van der Waals surface area contributed by atoms with E-state index in [1.54, 1.807) is 12.1 Å². The first-order chi connectivity index (χ1) is 26.1. The van der Waals surface area contributed by atoms with Crippen LogP contribution in [0.25, 0.3) is 77.2 Å². The molecule has 7 aromatic carbocycles. The lowest BCUT2D eigenvalue weighted by Crippen LogP contribution is -2.05. The summed E-state index contributed by atoms with van der Waals surface area (Å²) in [5.74, 6) is 0. The fourth-order valence-corrected chi connectivity index (χ4v) is 7.94. The Kier molecular flexibility index (Phi) is 7.44. The minimum absolute atomic E-state index is 0.473. The fraction of sp³-hybridized carbons (Fsp3) is 0.0638. The van der Waals surface area contributed by atoms with E-state index in [1.807, 2.05) is 90.4 Å². The van der Waals surface area contributed by atoms with Gasteiger partial charge in [0.1, 0.15) is 0 Å². The highest BCUT2D eigenvalue weighted by atomic mass is 19.4. The zero-order chi connectivity index (χ0) is 37.3. The summed E-state index contributed by atoms with van der Waals surface area (Å²) in [6, 6.07) is 48.0. The van der Waals surface area contributed by atoms with E-state index in [1.165, 1.54) is 6.07 Å². The topological polar surface area (TPSA) is 57.4 Å². The van der Waals surface area contributed by atoms with Crippen LogP contribution in [0.3, 0.4) is 0 Å². The number of nitriles is 2. The summed E-state index contributed by atoms with van der Waals surface area (Å²) in [7, 11) is 0. The Balaban J connectivity index is 1.41. The molecular weight excluding hydrogens is 678 g/mol. The van der Waals surface area contributed by atoms with Crippen molar-refractivity contribution in [1.29, 1.82) is 10.5 Å². The summed E-state index contributed by atoms with van der Waals surface area (Å²) in [6.45, 7) is 4.03. The van der Waals surface area contributed by atoms with Gasteiger partial charge in [-0.2, -0.15) is 23.7 Å². The SMILES string of the molecule is Cc1ccc2c(c1)c1ccccc1n2-c1ccc(C#N)cc1-c1ccc(-c2ccc(C#N)cc2C)cc1-n1c2ccccc2c2cc(C(F)(F)F)ccc21. The van der Waals surface area contributed by atoms with Gasteiger partial charge in [0.25, 0.3) is 0 Å². The molecule has 0 bridgehead atoms. The molecule has 0 saturated heterocycles. The number of rotatable bonds is 4. The number of alkyl halides is 3. The molecule has 0 saturated carbocycles. The van der Waals surface area contributed by atoms with E-state index in [9.17, 15) is 23.7 Å². The second-order valence-electron chi connectivity index (χ2n) is 13.7. The van der Waals surface area contributed by atoms with Crippen LogP contribution >= 0.6 is 0 Å². The monoisotopic (exact) mass is 706 g/mol. The number of aromatic nitrogens is 2. The van der Waals surface area contributed by atoms with Gasteiger partial charge in [-0.05, 0) is 109 Å². The smallest absolute Gasteiger partial charge is 0.309 e. The quantitative estimate of drug-likeness (QED) is 0.183. The molecule has 0 aliphatic heterocycles. The van der Waals surface area contributed by atoms with Gasteiger partial charge in [-0.3, -0.25) is 0 Å². The number of aryl methyl sites for hydroxylation is 2. The second-order valence-corrected chi connectivity index (χ2v) is 13.7. The first-order valence-corrected chi connectivity index (χ1v) is 17.5. The number of halogens is 3. The number of hydrogen-bond donors (Lipinski definition) is 0. The largest absolute Gasteiger partial charge is 0.416 e. The minimum Gasteiger partial charge on any atom is -0.309 e. The number of fused-ring (bicyclic) bond motifs is 6. The summed E-state index contributed by atoms with van der Waals surface area (Å²) < 4.78 is 46.6. The predicted molar refractivity (Wildman–Crippen MR) is 210 cm³/mol. The molecule has 9 rings (SSSR count). The van der Waals surface area contributed by atoms with Gasteiger partial charge < -0.3 is 9.13 Å². The molecule has 4 nitrogen and oxygen atoms in total. The molecule has 0 radical (unpaired) electrons. The normalized spacial score (nSPS) is 11.8. The molecule has 0 aliphatic rings. The Morgan fingerprint density at radius 1 is 0.481 bits per heavy atom. The molecule has 0 atom stereocenters. The van der Waals surface area contributed by atoms with Crippen molar-refractivity contribution >= 4 is 43.6 Å². The van der Waals surface area contributed by atoms with Gasteiger partial charge in [0.05, 0.1) is 62.3 Å². The fourth-order valence-electron chi connectivity index (χ4n) is 7.94. The van der Waals surface area contributed by atoms with Gasteiger partial charge in [0, 0.05) is 32.7 Å². The maximum atomic E-state index is 14.1. The van der Waals surface area contributed by atoms with Crippen molar-refractivity contribution in [1.82, 2.24) is 9.13 Å². The van der Waals surface area contributed by atoms with Crippen LogP contribution in [0, 0.1) is 36.5 Å². The number of nitrogens with zero attached hydrogens (tertiary/aromatic N) is 4. The minimum atomic E-state index is -4.51. The van der Waals surface area contributed by atoms with Crippen molar-refractivity contribution in [2.24, 2.45) is 0 Å². The Labute approximate surface area is 308 Å². The van der Waals surface area contributed by atoms with Crippen molar-refractivity contribution in [2.45, 2.75) is 20.0 Å². The molecule has 9 aromatic rings. The third kappa shape index (κ3) is 5.13. The molecule has 0 N–H and O–H groups in total. The molecule has 54 heavy (non-hydrogen) atoms. The van der Waals surface area contributed by atoms with E-state index >= 15 is 0 Å². The van der Waals surface area contributed by atoms with E-state index in [0.717, 1.165) is 78.1 Å². The van der Waals surface area contributed by atoms with E-state index in [0.29, 0.717) is 27.4 Å². The average Bonchev–Trinajstić information content (AvgIpc) is 3.69. The summed E-state index contributed by atoms with van der Waals surface area (Å²) >= 11 is 0. The lowest BCUT2D eigenvalue weighted by molar-refractivity contribution is -0.137. The Bertz CT molecular complexity index is 3090. The molecule has 258 valence electrons. The predicted octanol–water partition coefficient (Wildman–Crippen LogP) is 12.6. The van der Waals surface area contributed by atoms with Crippen LogP contribution < -0.4 is 0 Å². The average molecular weight is 707 g/mol. The zero-order valence-corrected chi connectivity index (χ0v) is 29.2. The van der Waals surface area contributed by atoms with Crippen LogP contribution in [0.15, 0.2) is 140 Å². The maximum absolute atomic E-state index is 14.1. The number of benzene rings is 7. The standard InChI is InChI=1S/C47H29F3N4/c1-28-11-18-43-38(21-28)35-7-3-5-9-41(35)53(43)44-19-13-31(27-52)23-39(44)37-17-14-32(34-16-12-30(26-51)22-29(34)2)24-46(37)54-42-10-6-4-8-36(42)40-25-33(47(48,49)50)15-20-45(40)54/h3-25H,1-2H3. The van der Waals surface area contributed by atoms with Gasteiger partial charge >= 0.3 is 6.18 Å². The molecule has 0 amide bonds. The Morgan fingerprint density at radius 3 is 1.72 bits per heavy atom. The summed E-state index contributed by atoms with van der Waals surface area (Å²) in [5, 5.41) is 23.2. The zero-order valence-electron chi connectivity index (χ0n) is 29.2. The van der Waals surface area contributed by atoms with Gasteiger partial charge in [-0.25, -0.2) is 0 Å². The van der Waals surface area contributed by atoms with Crippen LogP contribution in [0.4, 0.5) is 13.2 Å². The summed E-state index contributed by atoms with van der Waals surface area (Å²) in [4.78, 5) is 0. The van der Waals surface area contributed by atoms with Crippen LogP contribution in [-0.4, -0.2) is 9.13 Å². The molecule has 0 unspecified atom stereocenters. The van der Waals surface area contributed by atoms with Crippen molar-refractivity contribution in [3.8, 4) is 45.8 Å². The van der Waals surface area contributed by atoms with E-state index in [-0.39, 0.29) is 0 Å². The van der Waals surface area contributed by atoms with Gasteiger partial charge in [-0.15, -0.1) is 0 Å². The van der Waals surface area contributed by atoms with Gasteiger partial charge in [0.2, 0.25) is 0 Å². The molecule has 0 spiro atoms. The first-order valence-electron chi connectivity index (χ1n) is 17.5. The van der Waals surface area contributed by atoms with Crippen molar-refractivity contribution < 1.29 is 13.2 Å². The van der Waals surface area contributed by atoms with E-state index in [4.69, 9.17) is 0 Å². The highest BCUT2D eigenvalue weighted by Crippen LogP contribution is 2.44. The van der Waals surface area contributed by atoms with Gasteiger partial charge in [0.15, 0.2) is 0 Å². The van der Waals surface area contributed by atoms with E-state index < -0.39 is 11.7 Å².